The lowest BCUT2D eigenvalue weighted by Gasteiger charge is -2.13. The van der Waals surface area contributed by atoms with Crippen LogP contribution in [-0.4, -0.2) is 54.3 Å². The zero-order valence-corrected chi connectivity index (χ0v) is 21.2. The van der Waals surface area contributed by atoms with Crippen molar-refractivity contribution < 1.29 is 14.0 Å². The maximum absolute atomic E-state index is 14.0. The molecule has 7 heteroatoms. The highest BCUT2D eigenvalue weighted by Gasteiger charge is 2.28. The first-order chi connectivity index (χ1) is 18.0. The normalized spacial score (nSPS) is 16.4. The van der Waals surface area contributed by atoms with Crippen LogP contribution in [0.3, 0.4) is 0 Å². The van der Waals surface area contributed by atoms with Gasteiger partial charge in [-0.3, -0.25) is 9.59 Å². The van der Waals surface area contributed by atoms with Crippen molar-refractivity contribution >= 4 is 29.0 Å². The Balaban J connectivity index is 1.32. The van der Waals surface area contributed by atoms with E-state index in [9.17, 15) is 14.0 Å². The number of Topliss-reactive ketones (excluding diaryl/α,β-unsaturated/α-hetero) is 1. The molecule has 192 valence electrons. The van der Waals surface area contributed by atoms with Crippen LogP contribution in [0.1, 0.15) is 53.0 Å². The van der Waals surface area contributed by atoms with Crippen molar-refractivity contribution in [3.05, 3.63) is 76.9 Å². The molecule has 1 aromatic heterocycles. The Bertz CT molecular complexity index is 1340. The van der Waals surface area contributed by atoms with Gasteiger partial charge in [-0.25, -0.2) is 4.39 Å². The van der Waals surface area contributed by atoms with E-state index >= 15 is 0 Å². The fourth-order valence-corrected chi connectivity index (χ4v) is 5.27. The Morgan fingerprint density at radius 3 is 2.73 bits per heavy atom. The van der Waals surface area contributed by atoms with E-state index < -0.39 is 0 Å². The highest BCUT2D eigenvalue weighted by Crippen LogP contribution is 2.40. The van der Waals surface area contributed by atoms with Crippen molar-refractivity contribution in [2.45, 2.75) is 32.6 Å². The lowest BCUT2D eigenvalue weighted by molar-refractivity contribution is -0.110. The van der Waals surface area contributed by atoms with Crippen molar-refractivity contribution in [2.75, 3.05) is 38.0 Å². The molecule has 1 amide bonds. The zero-order valence-electron chi connectivity index (χ0n) is 21.2. The summed E-state index contributed by atoms with van der Waals surface area (Å²) in [6.07, 6.45) is 6.51. The highest BCUT2D eigenvalue weighted by atomic mass is 19.1. The van der Waals surface area contributed by atoms with Crippen LogP contribution >= 0.6 is 0 Å². The van der Waals surface area contributed by atoms with Crippen LogP contribution in [0.5, 0.6) is 0 Å². The van der Waals surface area contributed by atoms with Crippen LogP contribution in [0.2, 0.25) is 0 Å². The number of aromatic amines is 1. The molecule has 0 aliphatic carbocycles. The first-order valence-corrected chi connectivity index (χ1v) is 13.1. The topological polar surface area (TPSA) is 77.2 Å². The van der Waals surface area contributed by atoms with Crippen LogP contribution in [0.15, 0.2) is 48.5 Å². The van der Waals surface area contributed by atoms with Crippen LogP contribution in [0, 0.1) is 12.7 Å². The summed E-state index contributed by atoms with van der Waals surface area (Å²) in [5, 5.41) is 6.19. The minimum atomic E-state index is -0.339. The van der Waals surface area contributed by atoms with E-state index in [1.54, 1.807) is 12.1 Å². The summed E-state index contributed by atoms with van der Waals surface area (Å²) in [7, 11) is 0. The Morgan fingerprint density at radius 1 is 1.11 bits per heavy atom. The van der Waals surface area contributed by atoms with Gasteiger partial charge in [0.05, 0.1) is 17.8 Å². The second-order valence-electron chi connectivity index (χ2n) is 9.89. The average Bonchev–Trinajstić information content (AvgIpc) is 3.61. The minimum Gasteiger partial charge on any atom is -0.359 e. The van der Waals surface area contributed by atoms with Gasteiger partial charge in [0.15, 0.2) is 5.78 Å². The van der Waals surface area contributed by atoms with E-state index in [0.717, 1.165) is 37.2 Å². The standard InChI is InChI=1S/C30H33FN4O2/c1-20-16-24(28(36)19-32-12-2-3-13-35-14-4-5-15-35)27(33-20)18-25-29-23(21-8-6-9-22(31)17-21)10-7-11-26(29)34-30(25)37/h6-11,16-18,32-33H,2-5,12-15,19H2,1H3,(H,34,37)/b25-18-. The van der Waals surface area contributed by atoms with Gasteiger partial charge in [-0.05, 0) is 100 Å². The quantitative estimate of drug-likeness (QED) is 0.201. The number of likely N-dealkylation sites (tertiary alicyclic amines) is 1. The molecule has 5 rings (SSSR count). The van der Waals surface area contributed by atoms with Gasteiger partial charge in [0.2, 0.25) is 0 Å². The Labute approximate surface area is 217 Å². The number of benzene rings is 2. The second-order valence-corrected chi connectivity index (χ2v) is 9.89. The SMILES string of the molecule is Cc1cc(C(=O)CNCCCCN2CCCC2)c(/C=C2\C(=O)Nc3cccc(-c4cccc(F)c4)c32)[nH]1. The van der Waals surface area contributed by atoms with E-state index in [2.05, 4.69) is 20.5 Å². The molecule has 37 heavy (non-hydrogen) atoms. The number of rotatable bonds is 10. The number of H-pyrrole nitrogens is 1. The number of aromatic nitrogens is 1. The molecule has 0 saturated carbocycles. The summed E-state index contributed by atoms with van der Waals surface area (Å²) in [4.78, 5) is 31.8. The van der Waals surface area contributed by atoms with Gasteiger partial charge >= 0.3 is 0 Å². The maximum atomic E-state index is 14.0. The molecule has 1 fully saturated rings. The molecule has 6 nitrogen and oxygen atoms in total. The number of nitrogens with one attached hydrogen (secondary N) is 3. The highest BCUT2D eigenvalue weighted by molar-refractivity contribution is 6.36. The molecule has 2 aromatic carbocycles. The largest absolute Gasteiger partial charge is 0.359 e. The van der Waals surface area contributed by atoms with Gasteiger partial charge in [-0.1, -0.05) is 24.3 Å². The number of amides is 1. The molecule has 0 atom stereocenters. The van der Waals surface area contributed by atoms with Crippen molar-refractivity contribution in [2.24, 2.45) is 0 Å². The van der Waals surface area contributed by atoms with Crippen molar-refractivity contribution in [1.29, 1.82) is 0 Å². The van der Waals surface area contributed by atoms with Gasteiger partial charge in [0.1, 0.15) is 5.82 Å². The fraction of sp³-hybridized carbons (Fsp3) is 0.333. The van der Waals surface area contributed by atoms with Gasteiger partial charge in [0.25, 0.3) is 5.91 Å². The number of nitrogens with zero attached hydrogens (tertiary/aromatic N) is 1. The summed E-state index contributed by atoms with van der Waals surface area (Å²) in [5.74, 6) is -0.609. The van der Waals surface area contributed by atoms with Crippen molar-refractivity contribution in [1.82, 2.24) is 15.2 Å². The maximum Gasteiger partial charge on any atom is 0.256 e. The number of ketones is 1. The summed E-state index contributed by atoms with van der Waals surface area (Å²) in [6, 6.07) is 13.7. The summed E-state index contributed by atoms with van der Waals surface area (Å²) >= 11 is 0. The number of carbonyl (C=O) groups is 2. The Morgan fingerprint density at radius 2 is 1.92 bits per heavy atom. The van der Waals surface area contributed by atoms with E-state index in [1.807, 2.05) is 37.3 Å². The number of hydrogen-bond donors (Lipinski definition) is 3. The lowest BCUT2D eigenvalue weighted by atomic mass is 9.94. The third-order valence-electron chi connectivity index (χ3n) is 7.10. The number of carbonyl (C=O) groups excluding carboxylic acids is 2. The number of halogens is 1. The van der Waals surface area contributed by atoms with Crippen molar-refractivity contribution in [3.63, 3.8) is 0 Å². The number of aryl methyl sites for hydroxylation is 1. The average molecular weight is 501 g/mol. The van der Waals surface area contributed by atoms with Crippen LogP contribution in [0.4, 0.5) is 10.1 Å². The van der Waals surface area contributed by atoms with Gasteiger partial charge in [-0.2, -0.15) is 0 Å². The molecule has 3 N–H and O–H groups in total. The fourth-order valence-electron chi connectivity index (χ4n) is 5.27. The van der Waals surface area contributed by atoms with Crippen LogP contribution in [0.25, 0.3) is 22.8 Å². The number of hydrogen-bond acceptors (Lipinski definition) is 4. The van der Waals surface area contributed by atoms with Gasteiger partial charge < -0.3 is 20.5 Å². The molecule has 2 aliphatic rings. The molecule has 3 aromatic rings. The number of unbranched alkanes of at least 4 members (excludes halogenated alkanes) is 1. The Kier molecular flexibility index (Phi) is 7.63. The first kappa shape index (κ1) is 25.1. The molecular formula is C30H33FN4O2. The summed E-state index contributed by atoms with van der Waals surface area (Å²) in [5.41, 5.74) is 5.27. The molecular weight excluding hydrogens is 467 g/mol. The first-order valence-electron chi connectivity index (χ1n) is 13.1. The van der Waals surface area contributed by atoms with E-state index in [-0.39, 0.29) is 24.1 Å². The monoisotopic (exact) mass is 500 g/mol. The third-order valence-corrected chi connectivity index (χ3v) is 7.10. The summed E-state index contributed by atoms with van der Waals surface area (Å²) in [6.45, 7) is 6.49. The van der Waals surface area contributed by atoms with Gasteiger partial charge in [-0.15, -0.1) is 0 Å². The molecule has 0 radical (unpaired) electrons. The Hall–Kier alpha value is -3.55. The molecule has 0 unspecified atom stereocenters. The molecule has 0 bridgehead atoms. The number of fused-ring (bicyclic) bond motifs is 1. The second kappa shape index (κ2) is 11.2. The smallest absolute Gasteiger partial charge is 0.256 e. The van der Waals surface area contributed by atoms with E-state index in [1.165, 1.54) is 38.1 Å². The van der Waals surface area contributed by atoms with Crippen molar-refractivity contribution in [3.8, 4) is 11.1 Å². The van der Waals surface area contributed by atoms with Crippen LogP contribution < -0.4 is 10.6 Å². The molecule has 1 saturated heterocycles. The number of anilines is 1. The van der Waals surface area contributed by atoms with E-state index in [0.29, 0.717) is 33.6 Å². The summed E-state index contributed by atoms with van der Waals surface area (Å²) < 4.78 is 14.0. The van der Waals surface area contributed by atoms with Crippen LogP contribution in [-0.2, 0) is 4.79 Å². The zero-order chi connectivity index (χ0) is 25.8. The minimum absolute atomic E-state index is 0.0206. The van der Waals surface area contributed by atoms with Gasteiger partial charge in [0, 0.05) is 22.5 Å². The van der Waals surface area contributed by atoms with E-state index in [4.69, 9.17) is 0 Å². The molecule has 2 aliphatic heterocycles. The third kappa shape index (κ3) is 5.73. The lowest BCUT2D eigenvalue weighted by Crippen LogP contribution is -2.26. The molecule has 3 heterocycles. The predicted octanol–water partition coefficient (Wildman–Crippen LogP) is 5.27. The predicted molar refractivity (Wildman–Crippen MR) is 146 cm³/mol. The molecule has 0 spiro atoms.